The van der Waals surface area contributed by atoms with Crippen molar-refractivity contribution < 1.29 is 13.5 Å². The topological polar surface area (TPSA) is 92.4 Å². The van der Waals surface area contributed by atoms with Crippen LogP contribution in [0.3, 0.4) is 0 Å². The Labute approximate surface area is 130 Å². The molecule has 0 atom stereocenters. The van der Waals surface area contributed by atoms with Crippen LogP contribution in [0.15, 0.2) is 17.0 Å². The number of hydrogen-bond donors (Lipinski definition) is 3. The maximum atomic E-state index is 12.4. The van der Waals surface area contributed by atoms with E-state index in [1.807, 2.05) is 0 Å². The summed E-state index contributed by atoms with van der Waals surface area (Å²) in [4.78, 5) is -0.0154. The molecule has 0 amide bonds. The van der Waals surface area contributed by atoms with Gasteiger partial charge in [0.05, 0.1) is 5.02 Å². The third-order valence-electron chi connectivity index (χ3n) is 4.25. The molecule has 0 saturated heterocycles. The average Bonchev–Trinajstić information content (AvgIpc) is 2.90. The molecule has 0 aliphatic heterocycles. The summed E-state index contributed by atoms with van der Waals surface area (Å²) >= 11 is 6.03. The Morgan fingerprint density at radius 1 is 1.38 bits per heavy atom. The summed E-state index contributed by atoms with van der Waals surface area (Å²) in [6.07, 6.45) is 3.69. The maximum Gasteiger partial charge on any atom is 0.242 e. The zero-order valence-electron chi connectivity index (χ0n) is 12.0. The largest absolute Gasteiger partial charge is 0.398 e. The number of nitrogens with two attached hydrogens (primary N) is 1. The first kappa shape index (κ1) is 16.5. The average molecular weight is 333 g/mol. The van der Waals surface area contributed by atoms with Crippen LogP contribution in [0, 0.1) is 12.3 Å². The lowest BCUT2D eigenvalue weighted by Crippen LogP contribution is -2.38. The monoisotopic (exact) mass is 332 g/mol. The van der Waals surface area contributed by atoms with Gasteiger partial charge in [-0.3, -0.25) is 0 Å². The fourth-order valence-electron chi connectivity index (χ4n) is 2.72. The first-order valence-electron chi connectivity index (χ1n) is 6.96. The van der Waals surface area contributed by atoms with Crippen LogP contribution in [0.1, 0.15) is 31.2 Å². The zero-order chi connectivity index (χ0) is 15.7. The molecule has 1 aromatic carbocycles. The molecule has 1 aromatic rings. The van der Waals surface area contributed by atoms with Gasteiger partial charge in [-0.1, -0.05) is 24.4 Å². The fraction of sp³-hybridized carbons (Fsp3) is 0.571. The van der Waals surface area contributed by atoms with Crippen LogP contribution in [0.2, 0.25) is 5.02 Å². The molecule has 0 bridgehead atoms. The van der Waals surface area contributed by atoms with Gasteiger partial charge in [0.2, 0.25) is 10.0 Å². The summed E-state index contributed by atoms with van der Waals surface area (Å²) in [6, 6.07) is 2.92. The molecule has 21 heavy (non-hydrogen) atoms. The van der Waals surface area contributed by atoms with E-state index < -0.39 is 10.0 Å². The van der Waals surface area contributed by atoms with E-state index in [1.54, 1.807) is 13.0 Å². The Hall–Kier alpha value is -0.820. The zero-order valence-corrected chi connectivity index (χ0v) is 13.6. The molecule has 2 rings (SSSR count). The maximum absolute atomic E-state index is 12.4. The van der Waals surface area contributed by atoms with E-state index >= 15 is 0 Å². The number of hydrogen-bond acceptors (Lipinski definition) is 4. The third kappa shape index (κ3) is 3.51. The molecule has 0 heterocycles. The van der Waals surface area contributed by atoms with Crippen molar-refractivity contribution in [3.63, 3.8) is 0 Å². The SMILES string of the molecule is Cc1cc(Cl)c(S(=O)(=O)NCC2(CO)CCCC2)cc1N. The highest BCUT2D eigenvalue weighted by molar-refractivity contribution is 7.89. The van der Waals surface area contributed by atoms with E-state index in [2.05, 4.69) is 4.72 Å². The predicted octanol–water partition coefficient (Wildman–Crippen LogP) is 2.06. The predicted molar refractivity (Wildman–Crippen MR) is 83.8 cm³/mol. The molecule has 0 radical (unpaired) electrons. The number of anilines is 1. The highest BCUT2D eigenvalue weighted by atomic mass is 35.5. The number of aryl methyl sites for hydroxylation is 1. The van der Waals surface area contributed by atoms with Crippen molar-refractivity contribution in [3.8, 4) is 0 Å². The van der Waals surface area contributed by atoms with Crippen LogP contribution in [0.4, 0.5) is 5.69 Å². The van der Waals surface area contributed by atoms with E-state index in [1.165, 1.54) is 6.07 Å². The van der Waals surface area contributed by atoms with Crippen molar-refractivity contribution in [2.75, 3.05) is 18.9 Å². The van der Waals surface area contributed by atoms with Gasteiger partial charge in [-0.05, 0) is 37.5 Å². The minimum absolute atomic E-state index is 0.0146. The van der Waals surface area contributed by atoms with E-state index in [9.17, 15) is 13.5 Å². The second-order valence-corrected chi connectivity index (χ2v) is 7.97. The van der Waals surface area contributed by atoms with Crippen molar-refractivity contribution in [1.29, 1.82) is 0 Å². The van der Waals surface area contributed by atoms with Crippen LogP contribution < -0.4 is 10.5 Å². The van der Waals surface area contributed by atoms with Crippen molar-refractivity contribution in [2.24, 2.45) is 5.41 Å². The lowest BCUT2D eigenvalue weighted by molar-refractivity contribution is 0.134. The Kier molecular flexibility index (Phi) is 4.82. The van der Waals surface area contributed by atoms with Crippen molar-refractivity contribution in [2.45, 2.75) is 37.5 Å². The van der Waals surface area contributed by atoms with Crippen molar-refractivity contribution in [1.82, 2.24) is 4.72 Å². The molecule has 7 heteroatoms. The highest BCUT2D eigenvalue weighted by Gasteiger charge is 2.34. The van der Waals surface area contributed by atoms with Gasteiger partial charge in [0.15, 0.2) is 0 Å². The van der Waals surface area contributed by atoms with Crippen LogP contribution in [0.25, 0.3) is 0 Å². The van der Waals surface area contributed by atoms with Gasteiger partial charge in [0.1, 0.15) is 4.90 Å². The molecule has 118 valence electrons. The third-order valence-corrected chi connectivity index (χ3v) is 6.11. The first-order chi connectivity index (χ1) is 9.80. The Morgan fingerprint density at radius 3 is 2.57 bits per heavy atom. The number of halogens is 1. The number of aliphatic hydroxyl groups excluding tert-OH is 1. The van der Waals surface area contributed by atoms with Crippen LogP contribution in [-0.2, 0) is 10.0 Å². The second-order valence-electron chi connectivity index (χ2n) is 5.83. The molecule has 1 aliphatic carbocycles. The molecule has 0 unspecified atom stereocenters. The number of benzene rings is 1. The summed E-state index contributed by atoms with van der Waals surface area (Å²) in [6.45, 7) is 1.97. The molecule has 4 N–H and O–H groups in total. The second kappa shape index (κ2) is 6.12. The Morgan fingerprint density at radius 2 is 2.00 bits per heavy atom. The van der Waals surface area contributed by atoms with E-state index in [0.29, 0.717) is 5.69 Å². The minimum Gasteiger partial charge on any atom is -0.398 e. The van der Waals surface area contributed by atoms with Crippen LogP contribution >= 0.6 is 11.6 Å². The molecular weight excluding hydrogens is 312 g/mol. The summed E-state index contributed by atoms with van der Waals surface area (Å²) in [5, 5.41) is 9.69. The fourth-order valence-corrected chi connectivity index (χ4v) is 4.49. The van der Waals surface area contributed by atoms with Gasteiger partial charge in [-0.2, -0.15) is 0 Å². The van der Waals surface area contributed by atoms with Gasteiger partial charge in [-0.25, -0.2) is 13.1 Å². The summed E-state index contributed by atoms with van der Waals surface area (Å²) in [5.74, 6) is 0. The molecule has 1 aliphatic rings. The number of aliphatic hydroxyl groups is 1. The Bertz CT molecular complexity index is 625. The highest BCUT2D eigenvalue weighted by Crippen LogP contribution is 2.37. The number of sulfonamides is 1. The lowest BCUT2D eigenvalue weighted by Gasteiger charge is -2.26. The number of nitrogens with one attached hydrogen (secondary N) is 1. The molecular formula is C14H21ClN2O3S. The van der Waals surface area contributed by atoms with Gasteiger partial charge in [0, 0.05) is 24.3 Å². The molecule has 1 fully saturated rings. The van der Waals surface area contributed by atoms with Gasteiger partial charge >= 0.3 is 0 Å². The van der Waals surface area contributed by atoms with E-state index in [-0.39, 0.29) is 28.5 Å². The smallest absolute Gasteiger partial charge is 0.242 e. The minimum atomic E-state index is -3.74. The van der Waals surface area contributed by atoms with Gasteiger partial charge < -0.3 is 10.8 Å². The molecule has 0 spiro atoms. The number of rotatable bonds is 5. The molecule has 0 aromatic heterocycles. The van der Waals surface area contributed by atoms with Gasteiger partial charge in [0.25, 0.3) is 0 Å². The number of nitrogen functional groups attached to an aromatic ring is 1. The van der Waals surface area contributed by atoms with Crippen molar-refractivity contribution >= 4 is 27.3 Å². The standard InChI is InChI=1S/C14H21ClN2O3S/c1-10-6-11(15)13(7-12(10)16)21(19,20)17-8-14(9-18)4-2-3-5-14/h6-7,17-18H,2-5,8-9,16H2,1H3. The van der Waals surface area contributed by atoms with Gasteiger partial charge in [-0.15, -0.1) is 0 Å². The lowest BCUT2D eigenvalue weighted by atomic mass is 9.88. The summed E-state index contributed by atoms with van der Waals surface area (Å²) < 4.78 is 27.4. The molecule has 5 nitrogen and oxygen atoms in total. The van der Waals surface area contributed by atoms with Crippen LogP contribution in [0.5, 0.6) is 0 Å². The summed E-state index contributed by atoms with van der Waals surface area (Å²) in [7, 11) is -3.74. The molecule has 1 saturated carbocycles. The normalized spacial score (nSPS) is 18.0. The van der Waals surface area contributed by atoms with Crippen LogP contribution in [-0.4, -0.2) is 26.7 Å². The van der Waals surface area contributed by atoms with Crippen molar-refractivity contribution in [3.05, 3.63) is 22.7 Å². The van der Waals surface area contributed by atoms with E-state index in [4.69, 9.17) is 17.3 Å². The first-order valence-corrected chi connectivity index (χ1v) is 8.82. The quantitative estimate of drug-likeness (QED) is 0.720. The Balaban J connectivity index is 2.21. The van der Waals surface area contributed by atoms with E-state index in [0.717, 1.165) is 31.2 Å². The summed E-state index contributed by atoms with van der Waals surface area (Å²) in [5.41, 5.74) is 6.54.